The Kier molecular flexibility index (Phi) is 3.61. The lowest BCUT2D eigenvalue weighted by Gasteiger charge is -2.02. The van der Waals surface area contributed by atoms with Crippen LogP contribution in [0.25, 0.3) is 20.8 Å². The average Bonchev–Trinajstić information content (AvgIpc) is 3.25. The predicted molar refractivity (Wildman–Crippen MR) is 95.1 cm³/mol. The van der Waals surface area contributed by atoms with Crippen LogP contribution in [0.15, 0.2) is 60.1 Å². The zero-order valence-electron chi connectivity index (χ0n) is 11.9. The topological polar surface area (TPSA) is 54.9 Å². The maximum Gasteiger partial charge on any atom is 0.284 e. The Labute approximate surface area is 140 Å². The van der Waals surface area contributed by atoms with Crippen molar-refractivity contribution in [2.24, 2.45) is 0 Å². The molecule has 0 saturated carbocycles. The Hall–Kier alpha value is -2.57. The molecule has 1 N–H and O–H groups in total. The van der Waals surface area contributed by atoms with E-state index >= 15 is 0 Å². The van der Waals surface area contributed by atoms with E-state index in [1.165, 1.54) is 11.3 Å². The molecular weight excluding hydrogens is 326 g/mol. The van der Waals surface area contributed by atoms with Gasteiger partial charge in [0.1, 0.15) is 5.01 Å². The lowest BCUT2D eigenvalue weighted by atomic mass is 10.2. The minimum absolute atomic E-state index is 0.196. The van der Waals surface area contributed by atoms with Gasteiger partial charge in [-0.1, -0.05) is 30.3 Å². The van der Waals surface area contributed by atoms with Gasteiger partial charge in [-0.05, 0) is 18.2 Å². The number of carbonyl (C=O) groups excluding carboxylic acids is 1. The molecule has 0 saturated heterocycles. The third kappa shape index (κ3) is 2.86. The van der Waals surface area contributed by atoms with Gasteiger partial charge in [-0.15, -0.1) is 22.7 Å². The summed E-state index contributed by atoms with van der Waals surface area (Å²) in [6, 6.07) is 15.8. The number of rotatable bonds is 3. The van der Waals surface area contributed by atoms with E-state index in [1.807, 2.05) is 48.5 Å². The van der Waals surface area contributed by atoms with Crippen LogP contribution < -0.4 is 5.32 Å². The summed E-state index contributed by atoms with van der Waals surface area (Å²) in [5, 5.41) is 6.07. The summed E-state index contributed by atoms with van der Waals surface area (Å²) < 4.78 is 1.09. The highest BCUT2D eigenvalue weighted by atomic mass is 32.1. The van der Waals surface area contributed by atoms with Crippen molar-refractivity contribution in [2.75, 3.05) is 5.32 Å². The molecule has 112 valence electrons. The lowest BCUT2D eigenvalue weighted by molar-refractivity contribution is 0.102. The van der Waals surface area contributed by atoms with Gasteiger partial charge in [-0.3, -0.25) is 4.79 Å². The molecule has 2 aromatic heterocycles. The molecule has 0 atom stereocenters. The Bertz CT molecular complexity index is 962. The maximum atomic E-state index is 12.1. The highest BCUT2D eigenvalue weighted by Crippen LogP contribution is 2.31. The van der Waals surface area contributed by atoms with Gasteiger partial charge in [0.2, 0.25) is 0 Å². The fraction of sp³-hybridized carbons (Fsp3) is 0. The Balaban J connectivity index is 1.64. The number of hydrogen-bond donors (Lipinski definition) is 1. The largest absolute Gasteiger partial charge is 0.320 e. The van der Waals surface area contributed by atoms with E-state index in [1.54, 1.807) is 22.9 Å². The molecule has 0 radical (unpaired) electrons. The van der Waals surface area contributed by atoms with Crippen molar-refractivity contribution in [3.05, 3.63) is 65.1 Å². The SMILES string of the molecule is O=C(Nc1ccc2sc(-c3ccccc3)nc2c1)c1nccs1. The van der Waals surface area contributed by atoms with Gasteiger partial charge in [-0.2, -0.15) is 0 Å². The number of nitrogens with zero attached hydrogens (tertiary/aromatic N) is 2. The molecule has 2 heterocycles. The summed E-state index contributed by atoms with van der Waals surface area (Å²) >= 11 is 2.96. The molecule has 1 amide bonds. The van der Waals surface area contributed by atoms with Crippen molar-refractivity contribution in [3.8, 4) is 10.6 Å². The van der Waals surface area contributed by atoms with E-state index in [9.17, 15) is 4.79 Å². The molecule has 0 bridgehead atoms. The highest BCUT2D eigenvalue weighted by Gasteiger charge is 2.10. The first-order chi connectivity index (χ1) is 11.3. The van der Waals surface area contributed by atoms with Crippen LogP contribution in [0.1, 0.15) is 9.80 Å². The first-order valence-corrected chi connectivity index (χ1v) is 8.66. The van der Waals surface area contributed by atoms with E-state index in [0.29, 0.717) is 5.01 Å². The average molecular weight is 337 g/mol. The van der Waals surface area contributed by atoms with Crippen LogP contribution in [-0.2, 0) is 0 Å². The standard InChI is InChI=1S/C17H11N3OS2/c21-15(17-18-8-9-22-17)19-12-6-7-14-13(10-12)20-16(23-14)11-4-2-1-3-5-11/h1-10H,(H,19,21). The van der Waals surface area contributed by atoms with Gasteiger partial charge in [-0.25, -0.2) is 9.97 Å². The molecule has 0 aliphatic heterocycles. The van der Waals surface area contributed by atoms with Crippen molar-refractivity contribution >= 4 is 44.5 Å². The number of hydrogen-bond acceptors (Lipinski definition) is 5. The van der Waals surface area contributed by atoms with Crippen molar-refractivity contribution in [1.82, 2.24) is 9.97 Å². The van der Waals surface area contributed by atoms with Crippen molar-refractivity contribution in [1.29, 1.82) is 0 Å². The zero-order chi connectivity index (χ0) is 15.6. The third-order valence-electron chi connectivity index (χ3n) is 3.29. The number of anilines is 1. The first-order valence-electron chi connectivity index (χ1n) is 6.96. The molecule has 4 aromatic rings. The van der Waals surface area contributed by atoms with Gasteiger partial charge in [0, 0.05) is 22.8 Å². The van der Waals surface area contributed by atoms with Crippen LogP contribution in [0.4, 0.5) is 5.69 Å². The summed E-state index contributed by atoms with van der Waals surface area (Å²) in [6.07, 6.45) is 1.62. The number of benzene rings is 2. The predicted octanol–water partition coefficient (Wildman–Crippen LogP) is 4.67. The number of amides is 1. The van der Waals surface area contributed by atoms with E-state index in [-0.39, 0.29) is 5.91 Å². The van der Waals surface area contributed by atoms with Crippen molar-refractivity contribution < 1.29 is 4.79 Å². The summed E-state index contributed by atoms with van der Waals surface area (Å²) in [6.45, 7) is 0. The maximum absolute atomic E-state index is 12.1. The smallest absolute Gasteiger partial charge is 0.284 e. The number of carbonyl (C=O) groups is 1. The molecule has 4 rings (SSSR count). The van der Waals surface area contributed by atoms with Crippen LogP contribution >= 0.6 is 22.7 Å². The van der Waals surface area contributed by atoms with Crippen molar-refractivity contribution in [3.63, 3.8) is 0 Å². The summed E-state index contributed by atoms with van der Waals surface area (Å²) in [5.41, 5.74) is 2.70. The summed E-state index contributed by atoms with van der Waals surface area (Å²) in [7, 11) is 0. The molecule has 0 aliphatic carbocycles. The van der Waals surface area contributed by atoms with Gasteiger partial charge in [0.25, 0.3) is 5.91 Å². The van der Waals surface area contributed by atoms with Gasteiger partial charge < -0.3 is 5.32 Å². The van der Waals surface area contributed by atoms with E-state index in [4.69, 9.17) is 0 Å². The molecule has 4 nitrogen and oxygen atoms in total. The highest BCUT2D eigenvalue weighted by molar-refractivity contribution is 7.21. The second kappa shape index (κ2) is 5.91. The van der Waals surface area contributed by atoms with Crippen LogP contribution in [0.2, 0.25) is 0 Å². The van der Waals surface area contributed by atoms with Crippen LogP contribution in [0.5, 0.6) is 0 Å². The minimum Gasteiger partial charge on any atom is -0.320 e. The van der Waals surface area contributed by atoms with Crippen molar-refractivity contribution in [2.45, 2.75) is 0 Å². The molecule has 23 heavy (non-hydrogen) atoms. The molecule has 6 heteroatoms. The monoisotopic (exact) mass is 337 g/mol. The van der Waals surface area contributed by atoms with Gasteiger partial charge in [0.05, 0.1) is 10.2 Å². The molecule has 0 fully saturated rings. The quantitative estimate of drug-likeness (QED) is 0.591. The molecular formula is C17H11N3OS2. The first kappa shape index (κ1) is 14.0. The van der Waals surface area contributed by atoms with E-state index < -0.39 is 0 Å². The fourth-order valence-corrected chi connectivity index (χ4v) is 3.71. The Morgan fingerprint density at radius 1 is 1.09 bits per heavy atom. The Morgan fingerprint density at radius 3 is 2.74 bits per heavy atom. The summed E-state index contributed by atoms with van der Waals surface area (Å²) in [4.78, 5) is 20.7. The van der Waals surface area contributed by atoms with Gasteiger partial charge >= 0.3 is 0 Å². The van der Waals surface area contributed by atoms with Crippen LogP contribution in [0, 0.1) is 0 Å². The number of thiazole rings is 2. The zero-order valence-corrected chi connectivity index (χ0v) is 13.5. The molecule has 0 unspecified atom stereocenters. The number of nitrogens with one attached hydrogen (secondary N) is 1. The normalized spacial score (nSPS) is 10.8. The minimum atomic E-state index is -0.196. The van der Waals surface area contributed by atoms with E-state index in [2.05, 4.69) is 15.3 Å². The molecule has 2 aromatic carbocycles. The number of fused-ring (bicyclic) bond motifs is 1. The lowest BCUT2D eigenvalue weighted by Crippen LogP contribution is -2.11. The van der Waals surface area contributed by atoms with E-state index in [0.717, 1.165) is 26.5 Å². The number of aromatic nitrogens is 2. The van der Waals surface area contributed by atoms with Crippen LogP contribution in [-0.4, -0.2) is 15.9 Å². The van der Waals surface area contributed by atoms with Gasteiger partial charge in [0.15, 0.2) is 5.01 Å². The van der Waals surface area contributed by atoms with Crippen LogP contribution in [0.3, 0.4) is 0 Å². The summed E-state index contributed by atoms with van der Waals surface area (Å²) in [5.74, 6) is -0.196. The second-order valence-corrected chi connectivity index (χ2v) is 6.78. The third-order valence-corrected chi connectivity index (χ3v) is 5.15. The molecule has 0 aliphatic rings. The Morgan fingerprint density at radius 2 is 1.96 bits per heavy atom. The second-order valence-electron chi connectivity index (χ2n) is 4.86. The molecule has 0 spiro atoms. The fourth-order valence-electron chi connectivity index (χ4n) is 2.23.